The van der Waals surface area contributed by atoms with Crippen molar-refractivity contribution in [3.05, 3.63) is 17.0 Å². The predicted molar refractivity (Wildman–Crippen MR) is 99.8 cm³/mol. The van der Waals surface area contributed by atoms with Gasteiger partial charge in [0, 0.05) is 44.7 Å². The number of hydrogen-bond donors (Lipinski definition) is 1. The van der Waals surface area contributed by atoms with Crippen LogP contribution in [0.3, 0.4) is 0 Å². The van der Waals surface area contributed by atoms with Crippen LogP contribution in [0.1, 0.15) is 49.6 Å². The molecule has 0 saturated carbocycles. The zero-order valence-electron chi connectivity index (χ0n) is 14.0. The molecule has 2 aliphatic heterocycles. The van der Waals surface area contributed by atoms with Crippen molar-refractivity contribution < 1.29 is 0 Å². The van der Waals surface area contributed by atoms with Gasteiger partial charge in [-0.2, -0.15) is 0 Å². The molecule has 1 aromatic rings. The first-order valence-electron chi connectivity index (χ1n) is 8.38. The number of hydrogen-bond acceptors (Lipinski definition) is 5. The first kappa shape index (κ1) is 20.4. The molecule has 0 radical (unpaired) electrons. The Balaban J connectivity index is 0.00000132. The molecule has 1 saturated heterocycles. The highest BCUT2D eigenvalue weighted by atomic mass is 35.5. The predicted octanol–water partition coefficient (Wildman–Crippen LogP) is 2.54. The fourth-order valence-corrected chi connectivity index (χ4v) is 3.37. The Morgan fingerprint density at radius 3 is 2.30 bits per heavy atom. The molecule has 2 N–H and O–H groups in total. The topological polar surface area (TPSA) is 58.3 Å². The Labute approximate surface area is 151 Å². The number of aromatic nitrogens is 2. The van der Waals surface area contributed by atoms with E-state index in [1.54, 1.807) is 0 Å². The average molecular weight is 362 g/mol. The maximum atomic E-state index is 5.96. The lowest BCUT2D eigenvalue weighted by molar-refractivity contribution is 0.264. The van der Waals surface area contributed by atoms with E-state index in [0.29, 0.717) is 6.54 Å². The van der Waals surface area contributed by atoms with Gasteiger partial charge >= 0.3 is 0 Å². The molecule has 0 amide bonds. The molecule has 1 aromatic heterocycles. The Morgan fingerprint density at radius 2 is 1.70 bits per heavy atom. The Hall–Kier alpha value is -0.620. The fraction of sp³-hybridized carbons (Fsp3) is 0.750. The van der Waals surface area contributed by atoms with Crippen LogP contribution in [0.4, 0.5) is 5.95 Å². The van der Waals surface area contributed by atoms with E-state index in [9.17, 15) is 0 Å². The molecule has 2 aliphatic rings. The van der Waals surface area contributed by atoms with Crippen LogP contribution in [0.15, 0.2) is 0 Å². The largest absolute Gasteiger partial charge is 0.341 e. The van der Waals surface area contributed by atoms with Crippen LogP contribution in [-0.4, -0.2) is 41.0 Å². The van der Waals surface area contributed by atoms with Crippen LogP contribution in [-0.2, 0) is 19.5 Å². The Bertz CT molecular complexity index is 472. The lowest BCUT2D eigenvalue weighted by atomic mass is 10.0. The maximum Gasteiger partial charge on any atom is 0.225 e. The minimum atomic E-state index is 0. The molecule has 5 nitrogen and oxygen atoms in total. The van der Waals surface area contributed by atoms with Gasteiger partial charge in [-0.25, -0.2) is 9.97 Å². The van der Waals surface area contributed by atoms with Gasteiger partial charge in [0.05, 0.1) is 11.4 Å². The summed E-state index contributed by atoms with van der Waals surface area (Å²) in [5.74, 6) is 0.918. The average Bonchev–Trinajstić information content (AvgIpc) is 2.82. The molecule has 0 aromatic carbocycles. The minimum Gasteiger partial charge on any atom is -0.341 e. The monoisotopic (exact) mass is 361 g/mol. The zero-order valence-corrected chi connectivity index (χ0v) is 15.6. The standard InChI is InChI=1S/C16H27N5.2ClH/c1-2-20-10-7-14-13(12-20)15(11-17)19-16(18-14)21-8-5-3-4-6-9-21;;/h2-12,17H2,1H3;2*1H. The van der Waals surface area contributed by atoms with Crippen molar-refractivity contribution in [2.24, 2.45) is 5.73 Å². The molecule has 0 aliphatic carbocycles. The van der Waals surface area contributed by atoms with Crippen LogP contribution in [0.2, 0.25) is 0 Å². The highest BCUT2D eigenvalue weighted by Gasteiger charge is 2.23. The van der Waals surface area contributed by atoms with Crippen molar-refractivity contribution >= 4 is 30.8 Å². The Morgan fingerprint density at radius 1 is 1.00 bits per heavy atom. The normalized spacial score (nSPS) is 18.4. The van der Waals surface area contributed by atoms with Crippen molar-refractivity contribution in [1.29, 1.82) is 0 Å². The molecule has 0 atom stereocenters. The molecule has 0 spiro atoms. The quantitative estimate of drug-likeness (QED) is 0.896. The highest BCUT2D eigenvalue weighted by Crippen LogP contribution is 2.24. The second-order valence-electron chi connectivity index (χ2n) is 6.12. The zero-order chi connectivity index (χ0) is 14.7. The summed E-state index contributed by atoms with van der Waals surface area (Å²) in [5.41, 5.74) is 9.53. The molecule has 3 rings (SSSR count). The van der Waals surface area contributed by atoms with Crippen molar-refractivity contribution in [3.8, 4) is 0 Å². The van der Waals surface area contributed by atoms with Crippen LogP contribution >= 0.6 is 24.8 Å². The second-order valence-corrected chi connectivity index (χ2v) is 6.12. The molecule has 0 bridgehead atoms. The van der Waals surface area contributed by atoms with E-state index >= 15 is 0 Å². The van der Waals surface area contributed by atoms with Crippen LogP contribution in [0.25, 0.3) is 0 Å². The number of halogens is 2. The Kier molecular flexibility index (Phi) is 8.54. The molecular weight excluding hydrogens is 333 g/mol. The summed E-state index contributed by atoms with van der Waals surface area (Å²) in [4.78, 5) is 14.5. The van der Waals surface area contributed by atoms with E-state index in [0.717, 1.165) is 50.8 Å². The lowest BCUT2D eigenvalue weighted by Gasteiger charge is -2.30. The summed E-state index contributed by atoms with van der Waals surface area (Å²) in [6.45, 7) is 8.04. The van der Waals surface area contributed by atoms with E-state index in [4.69, 9.17) is 15.7 Å². The van der Waals surface area contributed by atoms with E-state index in [-0.39, 0.29) is 24.8 Å². The molecule has 7 heteroatoms. The van der Waals surface area contributed by atoms with E-state index < -0.39 is 0 Å². The second kappa shape index (κ2) is 9.62. The fourth-order valence-electron chi connectivity index (χ4n) is 3.37. The molecule has 1 fully saturated rings. The van der Waals surface area contributed by atoms with Crippen LogP contribution in [0, 0.1) is 0 Å². The van der Waals surface area contributed by atoms with Gasteiger partial charge in [-0.15, -0.1) is 24.8 Å². The third kappa shape index (κ3) is 4.69. The SMILES string of the molecule is CCN1CCc2nc(N3CCCCCC3)nc(CN)c2C1.Cl.Cl. The number of likely N-dealkylation sites (N-methyl/N-ethyl adjacent to an activating group) is 1. The van der Waals surface area contributed by atoms with Crippen molar-refractivity contribution in [2.75, 3.05) is 31.1 Å². The third-order valence-corrected chi connectivity index (χ3v) is 4.74. The highest BCUT2D eigenvalue weighted by molar-refractivity contribution is 5.85. The van der Waals surface area contributed by atoms with Gasteiger partial charge in [-0.1, -0.05) is 19.8 Å². The maximum absolute atomic E-state index is 5.96. The molecular formula is C16H29Cl2N5. The summed E-state index contributed by atoms with van der Waals surface area (Å²) in [6, 6.07) is 0. The van der Waals surface area contributed by atoms with E-state index in [2.05, 4.69) is 16.7 Å². The number of rotatable bonds is 3. The van der Waals surface area contributed by atoms with Gasteiger partial charge in [-0.05, 0) is 19.4 Å². The minimum absolute atomic E-state index is 0. The van der Waals surface area contributed by atoms with Gasteiger partial charge in [0.25, 0.3) is 0 Å². The van der Waals surface area contributed by atoms with Crippen molar-refractivity contribution in [2.45, 2.75) is 52.1 Å². The summed E-state index contributed by atoms with van der Waals surface area (Å²) >= 11 is 0. The van der Waals surface area contributed by atoms with E-state index in [1.165, 1.54) is 36.9 Å². The third-order valence-electron chi connectivity index (χ3n) is 4.74. The first-order chi connectivity index (χ1) is 10.3. The number of anilines is 1. The molecule has 0 unspecified atom stereocenters. The molecule has 132 valence electrons. The lowest BCUT2D eigenvalue weighted by Crippen LogP contribution is -2.34. The first-order valence-corrected chi connectivity index (χ1v) is 8.38. The molecule has 3 heterocycles. The van der Waals surface area contributed by atoms with Crippen molar-refractivity contribution in [3.63, 3.8) is 0 Å². The van der Waals surface area contributed by atoms with Gasteiger partial charge < -0.3 is 10.6 Å². The smallest absolute Gasteiger partial charge is 0.225 e. The van der Waals surface area contributed by atoms with Crippen LogP contribution in [0.5, 0.6) is 0 Å². The number of nitrogens with zero attached hydrogens (tertiary/aromatic N) is 4. The van der Waals surface area contributed by atoms with Gasteiger partial charge in [0.1, 0.15) is 0 Å². The van der Waals surface area contributed by atoms with Gasteiger partial charge in [-0.3, -0.25) is 4.90 Å². The van der Waals surface area contributed by atoms with Crippen LogP contribution < -0.4 is 10.6 Å². The number of fused-ring (bicyclic) bond motifs is 1. The number of nitrogens with two attached hydrogens (primary N) is 1. The van der Waals surface area contributed by atoms with E-state index in [1.807, 2.05) is 0 Å². The summed E-state index contributed by atoms with van der Waals surface area (Å²) in [6.07, 6.45) is 6.19. The van der Waals surface area contributed by atoms with Gasteiger partial charge in [0.15, 0.2) is 0 Å². The summed E-state index contributed by atoms with van der Waals surface area (Å²) in [7, 11) is 0. The summed E-state index contributed by atoms with van der Waals surface area (Å²) in [5, 5.41) is 0. The van der Waals surface area contributed by atoms with Gasteiger partial charge in [0.2, 0.25) is 5.95 Å². The molecule has 23 heavy (non-hydrogen) atoms. The summed E-state index contributed by atoms with van der Waals surface area (Å²) < 4.78 is 0. The van der Waals surface area contributed by atoms with Crippen molar-refractivity contribution in [1.82, 2.24) is 14.9 Å².